The molecule has 1 aromatic carbocycles. The summed E-state index contributed by atoms with van der Waals surface area (Å²) in [5.41, 5.74) is -0.248. The van der Waals surface area contributed by atoms with Gasteiger partial charge in [-0.2, -0.15) is 0 Å². The number of rotatable bonds is 4. The minimum Gasteiger partial charge on any atom is -0.476 e. The molecule has 0 N–H and O–H groups in total. The number of carbonyl (C=O) groups excluding carboxylic acids is 1. The van der Waals surface area contributed by atoms with Crippen LogP contribution in [0.15, 0.2) is 18.2 Å². The summed E-state index contributed by atoms with van der Waals surface area (Å²) in [5, 5.41) is 0.392. The first-order valence-electron chi connectivity index (χ1n) is 7.97. The van der Waals surface area contributed by atoms with Gasteiger partial charge < -0.3 is 9.64 Å². The first-order valence-corrected chi connectivity index (χ1v) is 8.35. The number of hydrogen-bond donors (Lipinski definition) is 0. The molecule has 140 valence electrons. The van der Waals surface area contributed by atoms with Crippen LogP contribution in [0, 0.1) is 6.92 Å². The summed E-state index contributed by atoms with van der Waals surface area (Å²) in [6.07, 6.45) is -5.31. The fraction of sp³-hybridized carbons (Fsp3) is 0.588. The maximum atomic E-state index is 12.7. The molecular formula is C17H21ClF3NO3. The molecular weight excluding hydrogens is 359 g/mol. The van der Waals surface area contributed by atoms with Crippen molar-refractivity contribution in [2.75, 3.05) is 13.1 Å². The SMILES string of the molecule is Cc1ccc(Cl)c(OC(C)(C)C(=O)N2CCC(OC(F)(F)F)CC2)c1. The number of halogens is 4. The zero-order valence-corrected chi connectivity index (χ0v) is 15.1. The molecule has 0 radical (unpaired) electrons. The number of amides is 1. The number of aryl methyl sites for hydroxylation is 1. The number of nitrogens with zero attached hydrogens (tertiary/aromatic N) is 1. The van der Waals surface area contributed by atoms with Crippen LogP contribution in [0.3, 0.4) is 0 Å². The molecule has 1 saturated heterocycles. The van der Waals surface area contributed by atoms with E-state index in [2.05, 4.69) is 4.74 Å². The van der Waals surface area contributed by atoms with E-state index in [1.807, 2.05) is 13.0 Å². The lowest BCUT2D eigenvalue weighted by Crippen LogP contribution is -2.52. The van der Waals surface area contributed by atoms with Gasteiger partial charge in [-0.15, -0.1) is 13.2 Å². The minimum atomic E-state index is -4.65. The third-order valence-corrected chi connectivity index (χ3v) is 4.31. The third-order valence-electron chi connectivity index (χ3n) is 4.00. The summed E-state index contributed by atoms with van der Waals surface area (Å²) in [7, 11) is 0. The Balaban J connectivity index is 1.98. The number of piperidine rings is 1. The monoisotopic (exact) mass is 379 g/mol. The second-order valence-electron chi connectivity index (χ2n) is 6.60. The molecule has 1 aromatic rings. The molecule has 25 heavy (non-hydrogen) atoms. The molecule has 0 unspecified atom stereocenters. The lowest BCUT2D eigenvalue weighted by atomic mass is 10.0. The quantitative estimate of drug-likeness (QED) is 0.781. The predicted molar refractivity (Wildman–Crippen MR) is 87.6 cm³/mol. The first kappa shape index (κ1) is 19.8. The van der Waals surface area contributed by atoms with E-state index in [-0.39, 0.29) is 31.8 Å². The van der Waals surface area contributed by atoms with E-state index in [1.54, 1.807) is 26.0 Å². The maximum absolute atomic E-state index is 12.7. The molecule has 0 saturated carbocycles. The summed E-state index contributed by atoms with van der Waals surface area (Å²) >= 11 is 6.10. The molecule has 1 aliphatic rings. The fourth-order valence-electron chi connectivity index (χ4n) is 2.75. The Bertz CT molecular complexity index is 626. The Hall–Kier alpha value is -1.47. The number of alkyl halides is 3. The first-order chi connectivity index (χ1) is 11.5. The lowest BCUT2D eigenvalue weighted by molar-refractivity contribution is -0.345. The third kappa shape index (κ3) is 5.51. The van der Waals surface area contributed by atoms with Gasteiger partial charge in [0.05, 0.1) is 11.1 Å². The van der Waals surface area contributed by atoms with Crippen molar-refractivity contribution < 1.29 is 27.4 Å². The van der Waals surface area contributed by atoms with Crippen molar-refractivity contribution in [3.63, 3.8) is 0 Å². The van der Waals surface area contributed by atoms with Crippen LogP contribution in [0.2, 0.25) is 5.02 Å². The number of likely N-dealkylation sites (tertiary alicyclic amines) is 1. The highest BCUT2D eigenvalue weighted by Gasteiger charge is 2.39. The van der Waals surface area contributed by atoms with Crippen molar-refractivity contribution in [2.24, 2.45) is 0 Å². The lowest BCUT2D eigenvalue weighted by Gasteiger charge is -2.37. The number of benzene rings is 1. The van der Waals surface area contributed by atoms with Crippen molar-refractivity contribution in [3.05, 3.63) is 28.8 Å². The van der Waals surface area contributed by atoms with Crippen LogP contribution in [-0.4, -0.2) is 42.0 Å². The highest BCUT2D eigenvalue weighted by Crippen LogP contribution is 2.30. The second-order valence-corrected chi connectivity index (χ2v) is 7.01. The Kier molecular flexibility index (Phi) is 5.89. The van der Waals surface area contributed by atoms with Crippen molar-refractivity contribution in [3.8, 4) is 5.75 Å². The molecule has 0 aromatic heterocycles. The number of hydrogen-bond acceptors (Lipinski definition) is 3. The van der Waals surface area contributed by atoms with E-state index in [1.165, 1.54) is 4.90 Å². The van der Waals surface area contributed by atoms with Crippen LogP contribution >= 0.6 is 11.6 Å². The smallest absolute Gasteiger partial charge is 0.476 e. The Morgan fingerprint density at radius 3 is 2.40 bits per heavy atom. The summed E-state index contributed by atoms with van der Waals surface area (Å²) in [6.45, 7) is 5.49. The topological polar surface area (TPSA) is 38.8 Å². The molecule has 0 aliphatic carbocycles. The molecule has 0 spiro atoms. The standard InChI is InChI=1S/C17H21ClF3NO3/c1-11-4-5-13(18)14(10-11)25-16(2,3)15(23)22-8-6-12(7-9-22)24-17(19,20)21/h4-5,10,12H,6-9H2,1-3H3. The minimum absolute atomic E-state index is 0.131. The van der Waals surface area contributed by atoms with E-state index in [9.17, 15) is 18.0 Å². The largest absolute Gasteiger partial charge is 0.522 e. The Morgan fingerprint density at radius 2 is 1.84 bits per heavy atom. The van der Waals surface area contributed by atoms with Gasteiger partial charge >= 0.3 is 6.36 Å². The zero-order valence-electron chi connectivity index (χ0n) is 14.3. The van der Waals surface area contributed by atoms with E-state index in [4.69, 9.17) is 16.3 Å². The fourth-order valence-corrected chi connectivity index (χ4v) is 2.91. The van der Waals surface area contributed by atoms with E-state index < -0.39 is 18.1 Å². The van der Waals surface area contributed by atoms with Crippen molar-refractivity contribution >= 4 is 17.5 Å². The zero-order chi connectivity index (χ0) is 18.8. The van der Waals surface area contributed by atoms with Gasteiger partial charge in [0, 0.05) is 13.1 Å². The van der Waals surface area contributed by atoms with Gasteiger partial charge in [-0.25, -0.2) is 0 Å². The van der Waals surface area contributed by atoms with Crippen molar-refractivity contribution in [1.82, 2.24) is 4.90 Å². The van der Waals surface area contributed by atoms with E-state index in [0.29, 0.717) is 10.8 Å². The number of carbonyl (C=O) groups is 1. The van der Waals surface area contributed by atoms with Crippen LogP contribution in [0.4, 0.5) is 13.2 Å². The molecule has 1 fully saturated rings. The van der Waals surface area contributed by atoms with Crippen molar-refractivity contribution in [2.45, 2.75) is 51.7 Å². The van der Waals surface area contributed by atoms with Crippen molar-refractivity contribution in [1.29, 1.82) is 0 Å². The summed E-state index contributed by atoms with van der Waals surface area (Å²) in [5.74, 6) is 0.103. The normalized spacial score (nSPS) is 16.8. The summed E-state index contributed by atoms with van der Waals surface area (Å²) in [6, 6.07) is 5.25. The molecule has 1 amide bonds. The molecule has 1 aliphatic heterocycles. The Morgan fingerprint density at radius 1 is 1.24 bits per heavy atom. The second kappa shape index (κ2) is 7.41. The van der Waals surface area contributed by atoms with Crippen LogP contribution in [0.5, 0.6) is 5.75 Å². The molecule has 2 rings (SSSR count). The molecule has 0 atom stereocenters. The highest BCUT2D eigenvalue weighted by atomic mass is 35.5. The predicted octanol–water partition coefficient (Wildman–Crippen LogP) is 4.33. The van der Waals surface area contributed by atoms with Gasteiger partial charge in [-0.05, 0) is 51.3 Å². The van der Waals surface area contributed by atoms with Gasteiger partial charge in [0.2, 0.25) is 0 Å². The van der Waals surface area contributed by atoms with Crippen LogP contribution < -0.4 is 4.74 Å². The average molecular weight is 380 g/mol. The summed E-state index contributed by atoms with van der Waals surface area (Å²) < 4.78 is 46.6. The summed E-state index contributed by atoms with van der Waals surface area (Å²) in [4.78, 5) is 14.2. The van der Waals surface area contributed by atoms with Gasteiger partial charge in [-0.3, -0.25) is 9.53 Å². The molecule has 0 bridgehead atoms. The average Bonchev–Trinajstić information content (AvgIpc) is 2.49. The van der Waals surface area contributed by atoms with Crippen LogP contribution in [0.25, 0.3) is 0 Å². The maximum Gasteiger partial charge on any atom is 0.522 e. The molecule has 8 heteroatoms. The van der Waals surface area contributed by atoms with Crippen LogP contribution in [-0.2, 0) is 9.53 Å². The van der Waals surface area contributed by atoms with Gasteiger partial charge in [-0.1, -0.05) is 17.7 Å². The molecule has 1 heterocycles. The van der Waals surface area contributed by atoms with E-state index in [0.717, 1.165) is 5.56 Å². The van der Waals surface area contributed by atoms with E-state index >= 15 is 0 Å². The van der Waals surface area contributed by atoms with Gasteiger partial charge in [0.15, 0.2) is 5.60 Å². The highest BCUT2D eigenvalue weighted by molar-refractivity contribution is 6.32. The van der Waals surface area contributed by atoms with Crippen LogP contribution in [0.1, 0.15) is 32.3 Å². The van der Waals surface area contributed by atoms with Gasteiger partial charge in [0.25, 0.3) is 5.91 Å². The molecule has 4 nitrogen and oxygen atoms in total. The number of ether oxygens (including phenoxy) is 2. The Labute approximate surface area is 149 Å². The van der Waals surface area contributed by atoms with Gasteiger partial charge in [0.1, 0.15) is 5.75 Å².